The zero-order valence-electron chi connectivity index (χ0n) is 19.5. The third-order valence-corrected chi connectivity index (χ3v) is 12.0. The Balaban J connectivity index is 1.28. The van der Waals surface area contributed by atoms with Crippen LogP contribution >= 0.6 is 0 Å². The average molecular weight is 416 g/mol. The first-order valence-electron chi connectivity index (χ1n) is 13.5. The standard InChI is InChI=1S/C27H45NO2/c1-15-4-7-25-16(2)18-5-6-19-20(22(18)14-28(25)13-15)11-23-21(19)12-26(30)24-10-17(29)8-9-27(23,24)3/h15-26,29-30H,4-14H2,1-3H3/t15-,16-,17+,18-,19-,20-,21+,22-,23+,24-,25+,26+,27+/m1/s1. The van der Waals surface area contributed by atoms with Crippen LogP contribution in [0.1, 0.15) is 78.6 Å². The molecule has 2 N–H and O–H groups in total. The third-order valence-electron chi connectivity index (χ3n) is 12.0. The van der Waals surface area contributed by atoms with E-state index in [0.717, 1.165) is 79.1 Å². The summed E-state index contributed by atoms with van der Waals surface area (Å²) in [4.78, 5) is 2.92. The number of rotatable bonds is 0. The molecule has 6 aliphatic rings. The molecule has 170 valence electrons. The molecular weight excluding hydrogens is 370 g/mol. The lowest BCUT2D eigenvalue weighted by molar-refractivity contribution is -0.130. The lowest BCUT2D eigenvalue weighted by atomic mass is 9.51. The van der Waals surface area contributed by atoms with Gasteiger partial charge in [-0.1, -0.05) is 20.8 Å². The molecule has 0 aromatic heterocycles. The van der Waals surface area contributed by atoms with E-state index in [4.69, 9.17) is 0 Å². The minimum absolute atomic E-state index is 0.180. The summed E-state index contributed by atoms with van der Waals surface area (Å²) in [6, 6.07) is 0.853. The molecule has 0 bridgehead atoms. The van der Waals surface area contributed by atoms with E-state index in [9.17, 15) is 10.2 Å². The van der Waals surface area contributed by atoms with E-state index in [1.54, 1.807) is 0 Å². The van der Waals surface area contributed by atoms with Gasteiger partial charge < -0.3 is 10.2 Å². The van der Waals surface area contributed by atoms with Crippen LogP contribution < -0.4 is 0 Å². The monoisotopic (exact) mass is 415 g/mol. The Bertz CT molecular complexity index is 665. The van der Waals surface area contributed by atoms with E-state index in [2.05, 4.69) is 25.7 Å². The second kappa shape index (κ2) is 7.19. The number of fused-ring (bicyclic) bond motifs is 8. The van der Waals surface area contributed by atoms with Crippen LogP contribution in [0.15, 0.2) is 0 Å². The molecule has 3 heteroatoms. The van der Waals surface area contributed by atoms with Crippen LogP contribution in [0.5, 0.6) is 0 Å². The highest BCUT2D eigenvalue weighted by molar-refractivity contribution is 5.12. The lowest BCUT2D eigenvalue weighted by Gasteiger charge is -2.56. The smallest absolute Gasteiger partial charge is 0.0577 e. The molecule has 0 radical (unpaired) electrons. The van der Waals surface area contributed by atoms with Crippen molar-refractivity contribution in [1.29, 1.82) is 0 Å². The summed E-state index contributed by atoms with van der Waals surface area (Å²) in [7, 11) is 0. The van der Waals surface area contributed by atoms with Gasteiger partial charge in [0.2, 0.25) is 0 Å². The molecule has 0 aromatic rings. The maximum absolute atomic E-state index is 11.2. The molecule has 6 rings (SSSR count). The summed E-state index contributed by atoms with van der Waals surface area (Å²) in [5.74, 6) is 7.22. The number of hydrogen-bond acceptors (Lipinski definition) is 3. The molecule has 2 saturated heterocycles. The minimum Gasteiger partial charge on any atom is -0.393 e. The number of piperidine rings is 2. The molecule has 0 spiro atoms. The van der Waals surface area contributed by atoms with Gasteiger partial charge in [-0.05, 0) is 116 Å². The summed E-state index contributed by atoms with van der Waals surface area (Å²) in [6.07, 6.45) is 10.7. The van der Waals surface area contributed by atoms with Crippen LogP contribution in [0.2, 0.25) is 0 Å². The van der Waals surface area contributed by atoms with Crippen molar-refractivity contribution in [3.05, 3.63) is 0 Å². The molecule has 13 atom stereocenters. The second-order valence-corrected chi connectivity index (χ2v) is 13.1. The number of aliphatic hydroxyl groups excluding tert-OH is 2. The van der Waals surface area contributed by atoms with Gasteiger partial charge in [-0.2, -0.15) is 0 Å². The second-order valence-electron chi connectivity index (χ2n) is 13.1. The molecule has 4 saturated carbocycles. The number of nitrogens with zero attached hydrogens (tertiary/aromatic N) is 1. The molecule has 4 aliphatic carbocycles. The minimum atomic E-state index is -0.181. The highest BCUT2D eigenvalue weighted by atomic mass is 16.3. The Hall–Kier alpha value is -0.120. The van der Waals surface area contributed by atoms with Crippen molar-refractivity contribution in [1.82, 2.24) is 4.90 Å². The highest BCUT2D eigenvalue weighted by Gasteiger charge is 2.62. The Kier molecular flexibility index (Phi) is 4.91. The largest absolute Gasteiger partial charge is 0.393 e. The Morgan fingerprint density at radius 3 is 2.37 bits per heavy atom. The van der Waals surface area contributed by atoms with Gasteiger partial charge in [0.05, 0.1) is 12.2 Å². The van der Waals surface area contributed by atoms with Crippen LogP contribution in [0.3, 0.4) is 0 Å². The molecule has 30 heavy (non-hydrogen) atoms. The van der Waals surface area contributed by atoms with E-state index in [1.165, 1.54) is 45.2 Å². The van der Waals surface area contributed by atoms with Crippen LogP contribution in [-0.2, 0) is 0 Å². The van der Waals surface area contributed by atoms with Crippen molar-refractivity contribution in [2.24, 2.45) is 58.7 Å². The molecular formula is C27H45NO2. The molecule has 3 nitrogen and oxygen atoms in total. The van der Waals surface area contributed by atoms with Crippen LogP contribution in [-0.4, -0.2) is 46.5 Å². The molecule has 6 fully saturated rings. The zero-order valence-corrected chi connectivity index (χ0v) is 19.5. The van der Waals surface area contributed by atoms with E-state index in [1.807, 2.05) is 0 Å². The van der Waals surface area contributed by atoms with Gasteiger partial charge >= 0.3 is 0 Å². The summed E-state index contributed by atoms with van der Waals surface area (Å²) < 4.78 is 0. The lowest BCUT2D eigenvalue weighted by Crippen LogP contribution is -2.58. The summed E-state index contributed by atoms with van der Waals surface area (Å²) >= 11 is 0. The van der Waals surface area contributed by atoms with Crippen molar-refractivity contribution in [2.45, 2.75) is 96.8 Å². The van der Waals surface area contributed by atoms with Crippen LogP contribution in [0, 0.1) is 58.7 Å². The van der Waals surface area contributed by atoms with Crippen molar-refractivity contribution in [3.63, 3.8) is 0 Å². The van der Waals surface area contributed by atoms with Crippen molar-refractivity contribution in [3.8, 4) is 0 Å². The van der Waals surface area contributed by atoms with Crippen LogP contribution in [0.25, 0.3) is 0 Å². The number of hydrogen-bond donors (Lipinski definition) is 2. The fourth-order valence-electron chi connectivity index (χ4n) is 10.6. The molecule has 2 heterocycles. The maximum atomic E-state index is 11.2. The maximum Gasteiger partial charge on any atom is 0.0577 e. The molecule has 0 unspecified atom stereocenters. The number of aliphatic hydroxyl groups is 2. The van der Waals surface area contributed by atoms with Gasteiger partial charge in [-0.25, -0.2) is 0 Å². The molecule has 0 amide bonds. The van der Waals surface area contributed by atoms with E-state index in [0.29, 0.717) is 5.92 Å². The summed E-state index contributed by atoms with van der Waals surface area (Å²) in [5, 5.41) is 21.5. The first kappa shape index (κ1) is 20.5. The Labute approximate surface area is 184 Å². The van der Waals surface area contributed by atoms with Gasteiger partial charge in [0.25, 0.3) is 0 Å². The predicted molar refractivity (Wildman–Crippen MR) is 120 cm³/mol. The fraction of sp³-hybridized carbons (Fsp3) is 1.00. The summed E-state index contributed by atoms with van der Waals surface area (Å²) in [5.41, 5.74) is 0.261. The van der Waals surface area contributed by atoms with Gasteiger partial charge in [0.15, 0.2) is 0 Å². The third kappa shape index (κ3) is 2.86. The van der Waals surface area contributed by atoms with Crippen LogP contribution in [0.4, 0.5) is 0 Å². The van der Waals surface area contributed by atoms with Crippen molar-refractivity contribution >= 4 is 0 Å². The highest BCUT2D eigenvalue weighted by Crippen LogP contribution is 2.67. The van der Waals surface area contributed by atoms with E-state index in [-0.39, 0.29) is 17.6 Å². The average Bonchev–Trinajstić information content (AvgIpc) is 3.09. The Morgan fingerprint density at radius 2 is 1.53 bits per heavy atom. The van der Waals surface area contributed by atoms with Gasteiger partial charge in [-0.3, -0.25) is 4.90 Å². The molecule has 2 aliphatic heterocycles. The fourth-order valence-corrected chi connectivity index (χ4v) is 10.6. The Morgan fingerprint density at radius 1 is 0.733 bits per heavy atom. The summed E-state index contributed by atoms with van der Waals surface area (Å²) in [6.45, 7) is 10.3. The van der Waals surface area contributed by atoms with Gasteiger partial charge in [-0.15, -0.1) is 0 Å². The molecule has 0 aromatic carbocycles. The first-order valence-corrected chi connectivity index (χ1v) is 13.5. The first-order chi connectivity index (χ1) is 14.4. The van der Waals surface area contributed by atoms with Crippen molar-refractivity contribution < 1.29 is 10.2 Å². The SMILES string of the molecule is C[C@@H]1CC[C@H]2[C@H](C)[C@H]3CC[C@@H]4[C@@H](C[C@H]5[C@H]4C[C@H](O)[C@H]4C[C@@H](O)CC[C@]45C)[C@@H]3CN2C1. The van der Waals surface area contributed by atoms with E-state index < -0.39 is 0 Å². The predicted octanol–water partition coefficient (Wildman–Crippen LogP) is 4.56. The van der Waals surface area contributed by atoms with E-state index >= 15 is 0 Å². The topological polar surface area (TPSA) is 43.7 Å². The zero-order chi connectivity index (χ0) is 20.8. The van der Waals surface area contributed by atoms with Gasteiger partial charge in [0, 0.05) is 19.1 Å². The van der Waals surface area contributed by atoms with Gasteiger partial charge in [0.1, 0.15) is 0 Å². The quantitative estimate of drug-likeness (QED) is 0.609. The normalized spacial score (nSPS) is 60.7. The van der Waals surface area contributed by atoms with Crippen molar-refractivity contribution in [2.75, 3.05) is 13.1 Å².